The quantitative estimate of drug-likeness (QED) is 0.613. The van der Waals surface area contributed by atoms with Crippen molar-refractivity contribution in [2.45, 2.75) is 57.3 Å². The second-order valence-electron chi connectivity index (χ2n) is 7.76. The third-order valence-corrected chi connectivity index (χ3v) is 4.43. The van der Waals surface area contributed by atoms with Crippen LogP contribution in [0.4, 0.5) is 5.69 Å². The minimum absolute atomic E-state index is 0.128. The molecule has 22 heavy (non-hydrogen) atoms. The van der Waals surface area contributed by atoms with Crippen LogP contribution in [0, 0.1) is 0 Å². The summed E-state index contributed by atoms with van der Waals surface area (Å²) in [4.78, 5) is 1.17. The van der Waals surface area contributed by atoms with Gasteiger partial charge in [-0.25, -0.2) is 4.72 Å². The molecule has 0 fully saturated rings. The molecule has 0 atom stereocenters. The monoisotopic (exact) mass is 312 g/mol. The molecule has 1 nitrogen and oxygen atoms in total. The van der Waals surface area contributed by atoms with Crippen molar-refractivity contribution in [1.29, 1.82) is 0 Å². The molecular formula is C20H26NS. The van der Waals surface area contributed by atoms with Crippen molar-refractivity contribution < 1.29 is 0 Å². The van der Waals surface area contributed by atoms with Gasteiger partial charge in [0.15, 0.2) is 0 Å². The first-order valence-corrected chi connectivity index (χ1v) is 8.53. The van der Waals surface area contributed by atoms with E-state index >= 15 is 0 Å². The van der Waals surface area contributed by atoms with Crippen LogP contribution < -0.4 is 4.72 Å². The van der Waals surface area contributed by atoms with Gasteiger partial charge < -0.3 is 0 Å². The van der Waals surface area contributed by atoms with E-state index in [1.807, 2.05) is 18.2 Å². The maximum Gasteiger partial charge on any atom is 0.0723 e. The average Bonchev–Trinajstić information content (AvgIpc) is 2.44. The van der Waals surface area contributed by atoms with Gasteiger partial charge in [0.25, 0.3) is 0 Å². The molecule has 1 radical (unpaired) electrons. The van der Waals surface area contributed by atoms with Crippen molar-refractivity contribution >= 4 is 17.6 Å². The Kier molecular flexibility index (Phi) is 4.91. The Morgan fingerprint density at radius 2 is 1.23 bits per heavy atom. The molecule has 2 aromatic rings. The van der Waals surface area contributed by atoms with Crippen LogP contribution in [0.25, 0.3) is 0 Å². The summed E-state index contributed by atoms with van der Waals surface area (Å²) >= 11 is 1.54. The summed E-state index contributed by atoms with van der Waals surface area (Å²) in [6, 6.07) is 17.1. The highest BCUT2D eigenvalue weighted by Gasteiger charge is 2.20. The van der Waals surface area contributed by atoms with Crippen molar-refractivity contribution in [2.24, 2.45) is 0 Å². The van der Waals surface area contributed by atoms with Gasteiger partial charge >= 0.3 is 0 Å². The first-order chi connectivity index (χ1) is 10.2. The first kappa shape index (κ1) is 17.0. The lowest BCUT2D eigenvalue weighted by atomic mass is 9.80. The van der Waals surface area contributed by atoms with Crippen LogP contribution in [0.1, 0.15) is 52.7 Å². The number of hydrogen-bond acceptors (Lipinski definition) is 1. The average molecular weight is 313 g/mol. The highest BCUT2D eigenvalue weighted by Crippen LogP contribution is 2.33. The molecule has 0 spiro atoms. The van der Waals surface area contributed by atoms with Crippen LogP contribution in [0.5, 0.6) is 0 Å². The molecule has 0 saturated carbocycles. The zero-order valence-electron chi connectivity index (χ0n) is 14.5. The first-order valence-electron chi connectivity index (χ1n) is 7.75. The third kappa shape index (κ3) is 4.54. The molecule has 0 N–H and O–H groups in total. The van der Waals surface area contributed by atoms with E-state index in [0.717, 1.165) is 5.69 Å². The molecule has 0 bridgehead atoms. The molecule has 2 aromatic carbocycles. The summed E-state index contributed by atoms with van der Waals surface area (Å²) in [7, 11) is 0. The fraction of sp³-hybridized carbons (Fsp3) is 0.400. The molecule has 2 heteroatoms. The highest BCUT2D eigenvalue weighted by atomic mass is 32.2. The van der Waals surface area contributed by atoms with Crippen molar-refractivity contribution in [1.82, 2.24) is 4.72 Å². The molecule has 0 saturated heterocycles. The third-order valence-electron chi connectivity index (χ3n) is 3.65. The van der Waals surface area contributed by atoms with Gasteiger partial charge in [-0.1, -0.05) is 65.8 Å². The predicted molar refractivity (Wildman–Crippen MR) is 97.9 cm³/mol. The second kappa shape index (κ2) is 6.37. The van der Waals surface area contributed by atoms with Gasteiger partial charge in [-0.2, -0.15) is 0 Å². The van der Waals surface area contributed by atoms with Crippen molar-refractivity contribution in [3.8, 4) is 0 Å². The molecule has 0 amide bonds. The van der Waals surface area contributed by atoms with Crippen LogP contribution in [0.15, 0.2) is 53.4 Å². The van der Waals surface area contributed by atoms with Crippen LogP contribution in [0.3, 0.4) is 0 Å². The smallest absolute Gasteiger partial charge is 0.0723 e. The Hall–Kier alpha value is -1.41. The van der Waals surface area contributed by atoms with Crippen molar-refractivity contribution in [3.63, 3.8) is 0 Å². The van der Waals surface area contributed by atoms with E-state index in [1.54, 1.807) is 0 Å². The zero-order valence-corrected chi connectivity index (χ0v) is 15.3. The van der Waals surface area contributed by atoms with Crippen LogP contribution in [-0.2, 0) is 10.8 Å². The molecule has 117 valence electrons. The van der Waals surface area contributed by atoms with Gasteiger partial charge in [-0.05, 0) is 46.2 Å². The summed E-state index contributed by atoms with van der Waals surface area (Å²) < 4.78 is 4.74. The molecule has 2 rings (SSSR count). The summed E-state index contributed by atoms with van der Waals surface area (Å²) in [6.45, 7) is 13.5. The Labute approximate surface area is 139 Å². The molecule has 0 aromatic heterocycles. The normalized spacial score (nSPS) is 12.3. The zero-order chi connectivity index (χ0) is 16.4. The van der Waals surface area contributed by atoms with E-state index in [2.05, 4.69) is 71.9 Å². The van der Waals surface area contributed by atoms with E-state index in [4.69, 9.17) is 4.72 Å². The number of benzene rings is 2. The standard InChI is InChI=1S/C20H26NS/c1-19(2,3)15-12-16(20(4,5)6)14-17(13-15)21-22-18-10-8-7-9-11-18/h7-14H,1-6H3. The molecular weight excluding hydrogens is 286 g/mol. The van der Waals surface area contributed by atoms with Gasteiger partial charge in [0.05, 0.1) is 5.69 Å². The van der Waals surface area contributed by atoms with E-state index in [9.17, 15) is 0 Å². The Morgan fingerprint density at radius 3 is 1.68 bits per heavy atom. The molecule has 0 unspecified atom stereocenters. The fourth-order valence-corrected chi connectivity index (χ4v) is 2.71. The number of nitrogens with zero attached hydrogens (tertiary/aromatic N) is 1. The lowest BCUT2D eigenvalue weighted by Crippen LogP contribution is -2.16. The fourth-order valence-electron chi connectivity index (χ4n) is 2.12. The Balaban J connectivity index is 2.30. The van der Waals surface area contributed by atoms with Crippen LogP contribution in [-0.4, -0.2) is 0 Å². The van der Waals surface area contributed by atoms with Gasteiger partial charge in [0.1, 0.15) is 0 Å². The molecule has 0 heterocycles. The Morgan fingerprint density at radius 1 is 0.727 bits per heavy atom. The van der Waals surface area contributed by atoms with E-state index in [-0.39, 0.29) is 10.8 Å². The molecule has 0 aliphatic heterocycles. The molecule has 0 aliphatic carbocycles. The van der Waals surface area contributed by atoms with Crippen LogP contribution in [0.2, 0.25) is 0 Å². The number of rotatable bonds is 3. The SMILES string of the molecule is CC(C)(C)c1cc([N]Sc2ccccc2)cc(C(C)(C)C)c1. The Bertz CT molecular complexity index is 586. The highest BCUT2D eigenvalue weighted by molar-refractivity contribution is 7.97. The lowest BCUT2D eigenvalue weighted by molar-refractivity contribution is 0.568. The summed E-state index contributed by atoms with van der Waals surface area (Å²) in [6.07, 6.45) is 0. The predicted octanol–water partition coefficient (Wildman–Crippen LogP) is 6.22. The minimum Gasteiger partial charge on any atom is -0.212 e. The largest absolute Gasteiger partial charge is 0.212 e. The summed E-state index contributed by atoms with van der Waals surface area (Å²) in [5.41, 5.74) is 3.98. The van der Waals surface area contributed by atoms with E-state index in [1.165, 1.54) is 28.0 Å². The maximum atomic E-state index is 4.74. The second-order valence-corrected chi connectivity index (χ2v) is 8.60. The minimum atomic E-state index is 0.128. The molecule has 0 aliphatic rings. The van der Waals surface area contributed by atoms with Gasteiger partial charge in [-0.15, -0.1) is 0 Å². The van der Waals surface area contributed by atoms with Gasteiger partial charge in [-0.3, -0.25) is 0 Å². The van der Waals surface area contributed by atoms with Crippen molar-refractivity contribution in [2.75, 3.05) is 0 Å². The number of hydrogen-bond donors (Lipinski definition) is 0. The maximum absolute atomic E-state index is 4.74. The van der Waals surface area contributed by atoms with E-state index < -0.39 is 0 Å². The topological polar surface area (TPSA) is 14.1 Å². The lowest BCUT2D eigenvalue weighted by Gasteiger charge is -2.25. The summed E-state index contributed by atoms with van der Waals surface area (Å²) in [5, 5.41) is 0. The van der Waals surface area contributed by atoms with Gasteiger partial charge in [0.2, 0.25) is 0 Å². The van der Waals surface area contributed by atoms with E-state index in [0.29, 0.717) is 0 Å². The van der Waals surface area contributed by atoms with Crippen LogP contribution >= 0.6 is 11.9 Å². The van der Waals surface area contributed by atoms with Gasteiger partial charge in [0, 0.05) is 16.8 Å². The summed E-state index contributed by atoms with van der Waals surface area (Å²) in [5.74, 6) is 0. The van der Waals surface area contributed by atoms with Crippen molar-refractivity contribution in [3.05, 3.63) is 59.7 Å².